The molecular formula is C19H19ClN4O2S. The minimum absolute atomic E-state index is 0.358. The van der Waals surface area contributed by atoms with E-state index in [1.807, 2.05) is 44.2 Å². The second-order valence-corrected chi connectivity index (χ2v) is 6.75. The van der Waals surface area contributed by atoms with Gasteiger partial charge in [-0.25, -0.2) is 0 Å². The van der Waals surface area contributed by atoms with Gasteiger partial charge in [-0.1, -0.05) is 11.6 Å². The number of benzene rings is 2. The first-order valence-electron chi connectivity index (χ1n) is 8.21. The fourth-order valence-corrected chi connectivity index (χ4v) is 2.85. The minimum atomic E-state index is 0.358. The third-order valence-electron chi connectivity index (χ3n) is 3.98. The maximum absolute atomic E-state index is 6.22. The first kappa shape index (κ1) is 19.1. The van der Waals surface area contributed by atoms with Crippen LogP contribution in [0.1, 0.15) is 22.3 Å². The van der Waals surface area contributed by atoms with Crippen molar-refractivity contribution in [2.75, 3.05) is 7.11 Å². The van der Waals surface area contributed by atoms with Crippen LogP contribution in [0.5, 0.6) is 11.5 Å². The van der Waals surface area contributed by atoms with Gasteiger partial charge in [0.05, 0.1) is 13.3 Å². The number of rotatable bonds is 6. The zero-order chi connectivity index (χ0) is 19.4. The number of hydrogen-bond acceptors (Lipinski definition) is 5. The summed E-state index contributed by atoms with van der Waals surface area (Å²) in [5.74, 6) is 1.51. The van der Waals surface area contributed by atoms with Crippen LogP contribution in [-0.2, 0) is 6.61 Å². The standard InChI is InChI=1S/C19H19ClN4O2S/c1-12-6-16(7-13(2)18(12)20)26-10-15-8-14(4-5-17(15)25-3)9-22-24-11-21-23-19(24)27/h4-9,11H,10H2,1-3H3,(H,23,27)/b22-9-. The molecule has 0 saturated carbocycles. The van der Waals surface area contributed by atoms with Gasteiger partial charge >= 0.3 is 0 Å². The number of halogens is 1. The van der Waals surface area contributed by atoms with E-state index in [1.165, 1.54) is 11.0 Å². The third-order valence-corrected chi connectivity index (χ3v) is 4.85. The maximum Gasteiger partial charge on any atom is 0.216 e. The SMILES string of the molecule is COc1ccc(/C=N\n2cn[nH]c2=S)cc1COc1cc(C)c(Cl)c(C)c1. The van der Waals surface area contributed by atoms with E-state index in [1.54, 1.807) is 13.3 Å². The topological polar surface area (TPSA) is 64.4 Å². The molecule has 1 N–H and O–H groups in total. The molecule has 0 aliphatic rings. The summed E-state index contributed by atoms with van der Waals surface area (Å²) in [5, 5.41) is 11.5. The largest absolute Gasteiger partial charge is 0.496 e. The molecule has 0 bridgehead atoms. The smallest absolute Gasteiger partial charge is 0.216 e. The number of aryl methyl sites for hydroxylation is 2. The molecule has 27 heavy (non-hydrogen) atoms. The molecule has 0 fully saturated rings. The number of aromatic amines is 1. The molecule has 0 atom stereocenters. The number of nitrogens with one attached hydrogen (secondary N) is 1. The average molecular weight is 403 g/mol. The summed E-state index contributed by atoms with van der Waals surface area (Å²) in [7, 11) is 1.63. The highest BCUT2D eigenvalue weighted by atomic mass is 35.5. The Labute approximate surface area is 167 Å². The molecule has 0 amide bonds. The summed E-state index contributed by atoms with van der Waals surface area (Å²) in [6.07, 6.45) is 3.21. The zero-order valence-corrected chi connectivity index (χ0v) is 16.8. The van der Waals surface area contributed by atoms with Gasteiger partial charge in [0, 0.05) is 10.6 Å². The Kier molecular flexibility index (Phi) is 5.93. The lowest BCUT2D eigenvalue weighted by Crippen LogP contribution is -2.01. The van der Waals surface area contributed by atoms with Crippen LogP contribution in [0.3, 0.4) is 0 Å². The quantitative estimate of drug-likeness (QED) is 0.480. The zero-order valence-electron chi connectivity index (χ0n) is 15.2. The van der Waals surface area contributed by atoms with Crippen LogP contribution < -0.4 is 9.47 Å². The van der Waals surface area contributed by atoms with E-state index >= 15 is 0 Å². The van der Waals surface area contributed by atoms with Gasteiger partial charge in [-0.2, -0.15) is 14.9 Å². The van der Waals surface area contributed by atoms with Crippen molar-refractivity contribution in [3.05, 3.63) is 68.7 Å². The molecule has 3 aromatic rings. The van der Waals surface area contributed by atoms with E-state index < -0.39 is 0 Å². The monoisotopic (exact) mass is 402 g/mol. The first-order chi connectivity index (χ1) is 13.0. The molecule has 3 rings (SSSR count). The Bertz CT molecular complexity index is 1020. The van der Waals surface area contributed by atoms with E-state index in [2.05, 4.69) is 15.3 Å². The molecule has 0 aliphatic carbocycles. The Morgan fingerprint density at radius 1 is 1.26 bits per heavy atom. The lowest BCUT2D eigenvalue weighted by molar-refractivity contribution is 0.296. The summed E-state index contributed by atoms with van der Waals surface area (Å²) >= 11 is 11.3. The minimum Gasteiger partial charge on any atom is -0.496 e. The van der Waals surface area contributed by atoms with Gasteiger partial charge in [0.15, 0.2) is 0 Å². The number of H-pyrrole nitrogens is 1. The maximum atomic E-state index is 6.22. The van der Waals surface area contributed by atoms with Gasteiger partial charge in [0.25, 0.3) is 0 Å². The molecule has 1 heterocycles. The molecule has 0 spiro atoms. The Morgan fingerprint density at radius 2 is 2.00 bits per heavy atom. The van der Waals surface area contributed by atoms with E-state index in [0.29, 0.717) is 11.4 Å². The van der Waals surface area contributed by atoms with E-state index in [0.717, 1.165) is 38.8 Å². The molecular weight excluding hydrogens is 384 g/mol. The Morgan fingerprint density at radius 3 is 2.63 bits per heavy atom. The van der Waals surface area contributed by atoms with Crippen LogP contribution in [0.4, 0.5) is 0 Å². The second-order valence-electron chi connectivity index (χ2n) is 5.98. The fourth-order valence-electron chi connectivity index (χ4n) is 2.60. The molecule has 1 aromatic heterocycles. The van der Waals surface area contributed by atoms with Crippen molar-refractivity contribution >= 4 is 30.0 Å². The van der Waals surface area contributed by atoms with Crippen molar-refractivity contribution in [2.45, 2.75) is 20.5 Å². The predicted molar refractivity (Wildman–Crippen MR) is 109 cm³/mol. The van der Waals surface area contributed by atoms with Gasteiger partial charge in [0.1, 0.15) is 24.4 Å². The first-order valence-corrected chi connectivity index (χ1v) is 8.99. The highest BCUT2D eigenvalue weighted by molar-refractivity contribution is 7.71. The molecule has 2 aromatic carbocycles. The van der Waals surface area contributed by atoms with Crippen molar-refractivity contribution in [1.29, 1.82) is 0 Å². The normalized spacial score (nSPS) is 11.1. The van der Waals surface area contributed by atoms with Crippen molar-refractivity contribution in [1.82, 2.24) is 14.9 Å². The van der Waals surface area contributed by atoms with Gasteiger partial charge in [-0.3, -0.25) is 5.10 Å². The third kappa shape index (κ3) is 4.56. The van der Waals surface area contributed by atoms with E-state index in [-0.39, 0.29) is 0 Å². The molecule has 8 heteroatoms. The van der Waals surface area contributed by atoms with Crippen molar-refractivity contribution < 1.29 is 9.47 Å². The van der Waals surface area contributed by atoms with Gasteiger partial charge in [-0.05, 0) is 73.1 Å². The molecule has 0 saturated heterocycles. The molecule has 6 nitrogen and oxygen atoms in total. The summed E-state index contributed by atoms with van der Waals surface area (Å²) in [5.41, 5.74) is 3.76. The van der Waals surface area contributed by atoms with Crippen molar-refractivity contribution in [3.63, 3.8) is 0 Å². The molecule has 0 aliphatic heterocycles. The van der Waals surface area contributed by atoms with Crippen LogP contribution in [0.2, 0.25) is 5.02 Å². The number of methoxy groups -OCH3 is 1. The predicted octanol–water partition coefficient (Wildman–Crippen LogP) is 4.68. The van der Waals surface area contributed by atoms with Crippen LogP contribution in [0.25, 0.3) is 0 Å². The van der Waals surface area contributed by atoms with Crippen molar-refractivity contribution in [2.24, 2.45) is 5.10 Å². The highest BCUT2D eigenvalue weighted by Crippen LogP contribution is 2.27. The van der Waals surface area contributed by atoms with Crippen LogP contribution in [0.15, 0.2) is 41.8 Å². The van der Waals surface area contributed by atoms with Crippen LogP contribution >= 0.6 is 23.8 Å². The fraction of sp³-hybridized carbons (Fsp3) is 0.211. The number of nitrogens with zero attached hydrogens (tertiary/aromatic N) is 3. The summed E-state index contributed by atoms with van der Waals surface area (Å²) in [4.78, 5) is 0. The number of aromatic nitrogens is 3. The van der Waals surface area contributed by atoms with Gasteiger partial charge in [0.2, 0.25) is 4.77 Å². The Hall–Kier alpha value is -2.64. The summed E-state index contributed by atoms with van der Waals surface area (Å²) < 4.78 is 13.3. The van der Waals surface area contributed by atoms with Gasteiger partial charge < -0.3 is 9.47 Å². The Balaban J connectivity index is 1.81. The molecule has 0 unspecified atom stereocenters. The highest BCUT2D eigenvalue weighted by Gasteiger charge is 2.08. The second kappa shape index (κ2) is 8.37. The summed E-state index contributed by atoms with van der Waals surface area (Å²) in [6, 6.07) is 9.60. The van der Waals surface area contributed by atoms with E-state index in [4.69, 9.17) is 33.3 Å². The average Bonchev–Trinajstić information content (AvgIpc) is 3.07. The number of hydrogen-bond donors (Lipinski definition) is 1. The molecule has 0 radical (unpaired) electrons. The molecule has 140 valence electrons. The lowest BCUT2D eigenvalue weighted by atomic mass is 10.1. The number of ether oxygens (including phenoxy) is 2. The van der Waals surface area contributed by atoms with E-state index in [9.17, 15) is 0 Å². The van der Waals surface area contributed by atoms with Gasteiger partial charge in [-0.15, -0.1) is 0 Å². The summed E-state index contributed by atoms with van der Waals surface area (Å²) in [6.45, 7) is 4.28. The van der Waals surface area contributed by atoms with Crippen molar-refractivity contribution in [3.8, 4) is 11.5 Å². The van der Waals surface area contributed by atoms with Crippen LogP contribution in [-0.4, -0.2) is 28.2 Å². The lowest BCUT2D eigenvalue weighted by Gasteiger charge is -2.13. The van der Waals surface area contributed by atoms with Crippen LogP contribution in [0, 0.1) is 18.6 Å².